The lowest BCUT2D eigenvalue weighted by Crippen LogP contribution is -2.16. The highest BCUT2D eigenvalue weighted by molar-refractivity contribution is 6.31. The van der Waals surface area contributed by atoms with Crippen LogP contribution in [-0.4, -0.2) is 16.1 Å². The molecular weight excluding hydrogens is 222 g/mol. The van der Waals surface area contributed by atoms with Crippen molar-refractivity contribution in [2.75, 3.05) is 6.54 Å². The summed E-state index contributed by atoms with van der Waals surface area (Å²) in [7, 11) is 2.07. The van der Waals surface area contributed by atoms with Gasteiger partial charge in [0.1, 0.15) is 5.82 Å². The van der Waals surface area contributed by atoms with E-state index in [1.807, 2.05) is 18.2 Å². The number of imidazole rings is 1. The van der Waals surface area contributed by atoms with Crippen molar-refractivity contribution in [3.05, 3.63) is 29.0 Å². The monoisotopic (exact) mass is 235 g/mol. The van der Waals surface area contributed by atoms with Gasteiger partial charge in [-0.05, 0) is 37.6 Å². The summed E-state index contributed by atoms with van der Waals surface area (Å²) in [6, 6.07) is 6.27. The van der Waals surface area contributed by atoms with Crippen LogP contribution in [-0.2, 0) is 7.05 Å². The predicted molar refractivity (Wildman–Crippen MR) is 65.7 cm³/mol. The van der Waals surface area contributed by atoms with Gasteiger partial charge >= 0.3 is 0 Å². The zero-order valence-corrected chi connectivity index (χ0v) is 9.96. The highest BCUT2D eigenvalue weighted by Gasteiger charge is 2.21. The van der Waals surface area contributed by atoms with Crippen molar-refractivity contribution in [3.8, 4) is 0 Å². The zero-order valence-electron chi connectivity index (χ0n) is 9.20. The topological polar surface area (TPSA) is 29.9 Å². The van der Waals surface area contributed by atoms with Gasteiger partial charge in [0.2, 0.25) is 0 Å². The van der Waals surface area contributed by atoms with E-state index in [0.29, 0.717) is 6.04 Å². The lowest BCUT2D eigenvalue weighted by atomic mass is 10.2. The molecule has 3 rings (SSSR count). The molecule has 3 nitrogen and oxygen atoms in total. The number of nitrogens with zero attached hydrogens (tertiary/aromatic N) is 2. The van der Waals surface area contributed by atoms with Gasteiger partial charge in [-0.3, -0.25) is 0 Å². The molecule has 4 heteroatoms. The van der Waals surface area contributed by atoms with E-state index >= 15 is 0 Å². The van der Waals surface area contributed by atoms with Gasteiger partial charge in [0.05, 0.1) is 17.1 Å². The summed E-state index contributed by atoms with van der Waals surface area (Å²) in [5, 5.41) is 4.22. The molecule has 1 N–H and O–H groups in total. The van der Waals surface area contributed by atoms with Crippen LogP contribution in [0.5, 0.6) is 0 Å². The number of hydrogen-bond acceptors (Lipinski definition) is 2. The Balaban J connectivity index is 2.14. The van der Waals surface area contributed by atoms with Crippen molar-refractivity contribution in [2.45, 2.75) is 18.9 Å². The van der Waals surface area contributed by atoms with E-state index in [9.17, 15) is 0 Å². The summed E-state index contributed by atoms with van der Waals surface area (Å²) in [5.74, 6) is 1.12. The number of hydrogen-bond donors (Lipinski definition) is 1. The van der Waals surface area contributed by atoms with Crippen molar-refractivity contribution in [1.29, 1.82) is 0 Å². The molecule has 1 aliphatic rings. The van der Waals surface area contributed by atoms with E-state index in [1.54, 1.807) is 0 Å². The van der Waals surface area contributed by atoms with E-state index in [4.69, 9.17) is 11.6 Å². The fourth-order valence-corrected chi connectivity index (χ4v) is 2.57. The number of benzene rings is 1. The zero-order chi connectivity index (χ0) is 11.1. The third-order valence-corrected chi connectivity index (χ3v) is 3.48. The van der Waals surface area contributed by atoms with E-state index < -0.39 is 0 Å². The average Bonchev–Trinajstić information content (AvgIpc) is 2.86. The van der Waals surface area contributed by atoms with Gasteiger partial charge in [0.25, 0.3) is 0 Å². The summed E-state index contributed by atoms with van der Waals surface area (Å²) in [6.45, 7) is 1.09. The fourth-order valence-electron chi connectivity index (χ4n) is 2.41. The van der Waals surface area contributed by atoms with Crippen LogP contribution < -0.4 is 5.32 Å². The van der Waals surface area contributed by atoms with Gasteiger partial charge in [0.15, 0.2) is 0 Å². The molecule has 0 amide bonds. The van der Waals surface area contributed by atoms with E-state index in [-0.39, 0.29) is 0 Å². The third-order valence-electron chi connectivity index (χ3n) is 3.25. The Morgan fingerprint density at radius 3 is 3.12 bits per heavy atom. The fraction of sp³-hybridized carbons (Fsp3) is 0.417. The summed E-state index contributed by atoms with van der Waals surface area (Å²) in [5.41, 5.74) is 2.13. The second-order valence-electron chi connectivity index (χ2n) is 4.31. The number of aryl methyl sites for hydroxylation is 1. The second kappa shape index (κ2) is 3.75. The Kier molecular flexibility index (Phi) is 2.37. The molecule has 0 bridgehead atoms. The number of rotatable bonds is 1. The molecule has 1 aromatic carbocycles. The third kappa shape index (κ3) is 1.51. The maximum atomic E-state index is 5.98. The van der Waals surface area contributed by atoms with Crippen LogP contribution in [0.1, 0.15) is 24.7 Å². The Hall–Kier alpha value is -1.06. The first-order valence-electron chi connectivity index (χ1n) is 5.61. The first-order valence-corrected chi connectivity index (χ1v) is 5.99. The number of nitrogens with one attached hydrogen (secondary N) is 1. The number of aromatic nitrogens is 2. The van der Waals surface area contributed by atoms with Crippen LogP contribution in [0.4, 0.5) is 0 Å². The molecule has 1 saturated heterocycles. The predicted octanol–water partition coefficient (Wildman–Crippen LogP) is 2.65. The molecule has 2 heterocycles. The Morgan fingerprint density at radius 1 is 1.50 bits per heavy atom. The molecule has 16 heavy (non-hydrogen) atoms. The Morgan fingerprint density at radius 2 is 2.38 bits per heavy atom. The van der Waals surface area contributed by atoms with Gasteiger partial charge in [-0.1, -0.05) is 11.6 Å². The molecule has 2 aromatic rings. The molecule has 1 atom stereocenters. The minimum absolute atomic E-state index is 0.399. The van der Waals surface area contributed by atoms with Crippen molar-refractivity contribution < 1.29 is 0 Å². The summed E-state index contributed by atoms with van der Waals surface area (Å²) in [6.07, 6.45) is 2.40. The average molecular weight is 236 g/mol. The van der Waals surface area contributed by atoms with Gasteiger partial charge in [-0.2, -0.15) is 0 Å². The second-order valence-corrected chi connectivity index (χ2v) is 4.75. The van der Waals surface area contributed by atoms with Crippen LogP contribution in [0.3, 0.4) is 0 Å². The van der Waals surface area contributed by atoms with Crippen LogP contribution >= 0.6 is 11.6 Å². The smallest absolute Gasteiger partial charge is 0.126 e. The summed E-state index contributed by atoms with van der Waals surface area (Å²) >= 11 is 5.98. The maximum Gasteiger partial charge on any atom is 0.126 e. The molecule has 0 radical (unpaired) electrons. The molecule has 1 fully saturated rings. The molecule has 84 valence electrons. The van der Waals surface area contributed by atoms with Crippen LogP contribution in [0.25, 0.3) is 11.0 Å². The van der Waals surface area contributed by atoms with Crippen molar-refractivity contribution in [2.24, 2.45) is 7.05 Å². The molecule has 0 spiro atoms. The van der Waals surface area contributed by atoms with Gasteiger partial charge < -0.3 is 9.88 Å². The van der Waals surface area contributed by atoms with Crippen LogP contribution in [0, 0.1) is 0 Å². The van der Waals surface area contributed by atoms with Crippen molar-refractivity contribution in [3.63, 3.8) is 0 Å². The highest BCUT2D eigenvalue weighted by Crippen LogP contribution is 2.26. The SMILES string of the molecule is Cn1c(C2CCCN2)nc2cc(Cl)ccc21. The van der Waals surface area contributed by atoms with Crippen molar-refractivity contribution in [1.82, 2.24) is 14.9 Å². The minimum atomic E-state index is 0.399. The van der Waals surface area contributed by atoms with Gasteiger partial charge in [-0.25, -0.2) is 4.98 Å². The van der Waals surface area contributed by atoms with Crippen LogP contribution in [0.15, 0.2) is 18.2 Å². The van der Waals surface area contributed by atoms with Crippen LogP contribution in [0.2, 0.25) is 5.02 Å². The van der Waals surface area contributed by atoms with E-state index in [0.717, 1.165) is 28.4 Å². The molecule has 0 aliphatic carbocycles. The number of fused-ring (bicyclic) bond motifs is 1. The Labute approximate surface area is 99.4 Å². The van der Waals surface area contributed by atoms with E-state index in [1.165, 1.54) is 12.8 Å². The summed E-state index contributed by atoms with van der Waals surface area (Å²) < 4.78 is 2.16. The lowest BCUT2D eigenvalue weighted by molar-refractivity contribution is 0.584. The standard InChI is InChI=1S/C12H14ClN3/c1-16-11-5-4-8(13)7-10(11)15-12(16)9-3-2-6-14-9/h4-5,7,9,14H,2-3,6H2,1H3. The lowest BCUT2D eigenvalue weighted by Gasteiger charge is -2.09. The van der Waals surface area contributed by atoms with E-state index in [2.05, 4.69) is 21.9 Å². The molecule has 0 saturated carbocycles. The normalized spacial score (nSPS) is 20.8. The van der Waals surface area contributed by atoms with Crippen molar-refractivity contribution >= 4 is 22.6 Å². The Bertz CT molecular complexity index is 526. The first-order chi connectivity index (χ1) is 7.75. The molecule has 1 unspecified atom stereocenters. The van der Waals surface area contributed by atoms with Gasteiger partial charge in [-0.15, -0.1) is 0 Å². The first kappa shape index (κ1) is 10.1. The largest absolute Gasteiger partial charge is 0.330 e. The summed E-state index contributed by atoms with van der Waals surface area (Å²) in [4.78, 5) is 4.67. The quantitative estimate of drug-likeness (QED) is 0.824. The number of halogens is 1. The molecular formula is C12H14ClN3. The minimum Gasteiger partial charge on any atom is -0.330 e. The molecule has 1 aromatic heterocycles. The highest BCUT2D eigenvalue weighted by atomic mass is 35.5. The van der Waals surface area contributed by atoms with Gasteiger partial charge in [0, 0.05) is 12.1 Å². The molecule has 1 aliphatic heterocycles. The maximum absolute atomic E-state index is 5.98.